The zero-order chi connectivity index (χ0) is 18.2. The third-order valence-corrected chi connectivity index (χ3v) is 6.56. The zero-order valence-corrected chi connectivity index (χ0v) is 15.9. The molecule has 25 heavy (non-hydrogen) atoms. The lowest BCUT2D eigenvalue weighted by Gasteiger charge is -2.35. The summed E-state index contributed by atoms with van der Waals surface area (Å²) in [6.07, 6.45) is 4.39. The van der Waals surface area contributed by atoms with Crippen molar-refractivity contribution in [2.75, 3.05) is 20.6 Å². The highest BCUT2D eigenvalue weighted by atomic mass is 32.1. The van der Waals surface area contributed by atoms with Gasteiger partial charge in [-0.25, -0.2) is 4.79 Å². The van der Waals surface area contributed by atoms with Crippen LogP contribution in [-0.4, -0.2) is 58.7 Å². The Hall–Kier alpha value is -1.89. The molecule has 1 aliphatic carbocycles. The highest BCUT2D eigenvalue weighted by Crippen LogP contribution is 2.39. The lowest BCUT2D eigenvalue weighted by molar-refractivity contribution is -0.140. The van der Waals surface area contributed by atoms with Gasteiger partial charge >= 0.3 is 6.03 Å². The van der Waals surface area contributed by atoms with E-state index in [1.165, 1.54) is 0 Å². The number of aryl methyl sites for hydroxylation is 1. The molecule has 0 atom stereocenters. The van der Waals surface area contributed by atoms with Gasteiger partial charge < -0.3 is 9.80 Å². The van der Waals surface area contributed by atoms with Crippen molar-refractivity contribution in [3.05, 3.63) is 21.9 Å². The highest BCUT2D eigenvalue weighted by molar-refractivity contribution is 7.10. The van der Waals surface area contributed by atoms with E-state index in [-0.39, 0.29) is 24.4 Å². The molecule has 1 aliphatic heterocycles. The first kappa shape index (κ1) is 17.9. The van der Waals surface area contributed by atoms with Gasteiger partial charge in [0.1, 0.15) is 12.1 Å². The summed E-state index contributed by atoms with van der Waals surface area (Å²) in [5.74, 6) is -0.412. The van der Waals surface area contributed by atoms with E-state index in [0.717, 1.165) is 34.6 Å². The Kier molecular flexibility index (Phi) is 4.86. The molecule has 2 fully saturated rings. The summed E-state index contributed by atoms with van der Waals surface area (Å²) in [7, 11) is 3.40. The molecule has 1 saturated carbocycles. The Morgan fingerprint density at radius 3 is 2.56 bits per heavy atom. The first-order valence-corrected chi connectivity index (χ1v) is 9.61. The van der Waals surface area contributed by atoms with Crippen LogP contribution in [0.4, 0.5) is 4.79 Å². The number of carbonyl (C=O) groups is 3. The minimum Gasteiger partial charge on any atom is -0.339 e. The average Bonchev–Trinajstić information content (AvgIpc) is 3.08. The van der Waals surface area contributed by atoms with E-state index in [1.54, 1.807) is 35.2 Å². The second-order valence-electron chi connectivity index (χ2n) is 7.10. The van der Waals surface area contributed by atoms with Crippen molar-refractivity contribution in [1.29, 1.82) is 0 Å². The monoisotopic (exact) mass is 363 g/mol. The quantitative estimate of drug-likeness (QED) is 0.773. The molecule has 0 radical (unpaired) electrons. The van der Waals surface area contributed by atoms with Crippen LogP contribution in [0.3, 0.4) is 0 Å². The number of rotatable bonds is 4. The van der Waals surface area contributed by atoms with Gasteiger partial charge in [-0.1, -0.05) is 19.3 Å². The maximum absolute atomic E-state index is 12.9. The summed E-state index contributed by atoms with van der Waals surface area (Å²) in [5.41, 5.74) is 0.428. The van der Waals surface area contributed by atoms with E-state index in [2.05, 4.69) is 0 Å². The smallest absolute Gasteiger partial charge is 0.327 e. The van der Waals surface area contributed by atoms with Crippen LogP contribution in [0.1, 0.15) is 42.5 Å². The molecule has 1 aromatic heterocycles. The number of hydrogen-bond acceptors (Lipinski definition) is 4. The van der Waals surface area contributed by atoms with Crippen LogP contribution in [0.25, 0.3) is 0 Å². The van der Waals surface area contributed by atoms with Gasteiger partial charge in [0.2, 0.25) is 5.91 Å². The van der Waals surface area contributed by atoms with Crippen LogP contribution >= 0.6 is 11.3 Å². The molecule has 0 unspecified atom stereocenters. The van der Waals surface area contributed by atoms with Gasteiger partial charge in [-0.3, -0.25) is 14.5 Å². The molecule has 136 valence electrons. The molecule has 7 heteroatoms. The normalized spacial score (nSPS) is 19.8. The topological polar surface area (TPSA) is 60.9 Å². The molecule has 0 N–H and O–H groups in total. The molecule has 6 nitrogen and oxygen atoms in total. The van der Waals surface area contributed by atoms with Crippen LogP contribution in [0.2, 0.25) is 0 Å². The molecule has 2 aliphatic rings. The van der Waals surface area contributed by atoms with Gasteiger partial charge in [-0.05, 0) is 36.8 Å². The van der Waals surface area contributed by atoms with Crippen LogP contribution in [0, 0.1) is 6.92 Å². The van der Waals surface area contributed by atoms with Crippen LogP contribution in [0.15, 0.2) is 11.4 Å². The molecule has 0 bridgehead atoms. The van der Waals surface area contributed by atoms with Gasteiger partial charge in [0, 0.05) is 19.0 Å². The molecular weight excluding hydrogens is 338 g/mol. The maximum Gasteiger partial charge on any atom is 0.327 e. The molecule has 0 aromatic carbocycles. The van der Waals surface area contributed by atoms with Gasteiger partial charge in [-0.2, -0.15) is 0 Å². The largest absolute Gasteiger partial charge is 0.339 e. The van der Waals surface area contributed by atoms with Crippen molar-refractivity contribution in [2.24, 2.45) is 0 Å². The number of likely N-dealkylation sites (N-methyl/N-ethyl adjacent to an activating group) is 2. The number of carbonyl (C=O) groups excluding carboxylic acids is 3. The third-order valence-electron chi connectivity index (χ3n) is 5.55. The fourth-order valence-electron chi connectivity index (χ4n) is 3.80. The summed E-state index contributed by atoms with van der Waals surface area (Å²) in [6, 6.07) is 1.68. The number of thiophene rings is 1. The standard InChI is InChI=1S/C18H25N3O3S/c1-13-7-10-25-14(13)11-19(2)15(22)12-21-16(23)18(20(3)17(21)24)8-5-4-6-9-18/h7,10H,4-6,8-9,11-12H2,1-3H3. The Morgan fingerprint density at radius 2 is 1.96 bits per heavy atom. The minimum absolute atomic E-state index is 0.176. The third kappa shape index (κ3) is 3.05. The highest BCUT2D eigenvalue weighted by Gasteiger charge is 2.55. The van der Waals surface area contributed by atoms with Gasteiger partial charge in [0.05, 0.1) is 6.54 Å². The first-order chi connectivity index (χ1) is 11.9. The van der Waals surface area contributed by atoms with E-state index in [4.69, 9.17) is 0 Å². The van der Waals surface area contributed by atoms with Crippen molar-refractivity contribution in [3.63, 3.8) is 0 Å². The van der Waals surface area contributed by atoms with Crippen molar-refractivity contribution in [3.8, 4) is 0 Å². The van der Waals surface area contributed by atoms with Crippen molar-refractivity contribution in [2.45, 2.75) is 51.1 Å². The predicted molar refractivity (Wildman–Crippen MR) is 96.2 cm³/mol. The summed E-state index contributed by atoms with van der Waals surface area (Å²) in [6.45, 7) is 2.34. The molecule has 4 amide bonds. The van der Waals surface area contributed by atoms with Crippen molar-refractivity contribution in [1.82, 2.24) is 14.7 Å². The molecular formula is C18H25N3O3S. The van der Waals surface area contributed by atoms with Gasteiger partial charge in [0.15, 0.2) is 0 Å². The number of imide groups is 1. The van der Waals surface area contributed by atoms with Crippen molar-refractivity contribution < 1.29 is 14.4 Å². The second kappa shape index (κ2) is 6.78. The number of nitrogens with zero attached hydrogens (tertiary/aromatic N) is 3. The summed E-state index contributed by atoms with van der Waals surface area (Å²) >= 11 is 1.61. The average molecular weight is 363 g/mol. The Balaban J connectivity index is 1.69. The van der Waals surface area contributed by atoms with Gasteiger partial charge in [-0.15, -0.1) is 11.3 Å². The molecule has 1 aromatic rings. The number of urea groups is 1. The second-order valence-corrected chi connectivity index (χ2v) is 8.10. The van der Waals surface area contributed by atoms with E-state index >= 15 is 0 Å². The van der Waals surface area contributed by atoms with Crippen LogP contribution in [0.5, 0.6) is 0 Å². The predicted octanol–water partition coefficient (Wildman–Crippen LogP) is 2.61. The molecule has 2 heterocycles. The van der Waals surface area contributed by atoms with Crippen molar-refractivity contribution >= 4 is 29.2 Å². The fraction of sp³-hybridized carbons (Fsp3) is 0.611. The number of amides is 4. The molecule has 1 saturated heterocycles. The maximum atomic E-state index is 12.9. The SMILES string of the molecule is Cc1ccsc1CN(C)C(=O)CN1C(=O)N(C)C2(CCCCC2)C1=O. The summed E-state index contributed by atoms with van der Waals surface area (Å²) < 4.78 is 0. The van der Waals surface area contributed by atoms with Crippen LogP contribution in [-0.2, 0) is 16.1 Å². The van der Waals surface area contributed by atoms with Gasteiger partial charge in [0.25, 0.3) is 5.91 Å². The Morgan fingerprint density at radius 1 is 1.28 bits per heavy atom. The zero-order valence-electron chi connectivity index (χ0n) is 15.1. The Labute approximate surface area is 152 Å². The van der Waals surface area contributed by atoms with E-state index < -0.39 is 5.54 Å². The molecule has 1 spiro atoms. The lowest BCUT2D eigenvalue weighted by atomic mass is 9.81. The van der Waals surface area contributed by atoms with E-state index in [9.17, 15) is 14.4 Å². The first-order valence-electron chi connectivity index (χ1n) is 8.73. The van der Waals surface area contributed by atoms with Crippen LogP contribution < -0.4 is 0 Å². The summed E-state index contributed by atoms with van der Waals surface area (Å²) in [5, 5.41) is 2.00. The van der Waals surface area contributed by atoms with E-state index in [1.807, 2.05) is 18.4 Å². The lowest BCUT2D eigenvalue weighted by Crippen LogP contribution is -2.49. The number of hydrogen-bond donors (Lipinski definition) is 0. The minimum atomic E-state index is -0.724. The van der Waals surface area contributed by atoms with E-state index in [0.29, 0.717) is 19.4 Å². The fourth-order valence-corrected chi connectivity index (χ4v) is 4.76. The summed E-state index contributed by atoms with van der Waals surface area (Å²) in [4.78, 5) is 43.5. The molecule has 3 rings (SSSR count). The Bertz CT molecular complexity index is 693.